The van der Waals surface area contributed by atoms with Crippen LogP contribution in [0.2, 0.25) is 0 Å². The Balaban J connectivity index is 2.72. The van der Waals surface area contributed by atoms with E-state index in [0.717, 1.165) is 5.69 Å². The van der Waals surface area contributed by atoms with Gasteiger partial charge in [-0.3, -0.25) is 0 Å². The normalized spacial score (nSPS) is 11.7. The van der Waals surface area contributed by atoms with Crippen molar-refractivity contribution in [3.05, 3.63) is 18.2 Å². The molecule has 1 atom stereocenters. The van der Waals surface area contributed by atoms with Gasteiger partial charge in [0.15, 0.2) is 0 Å². The van der Waals surface area contributed by atoms with E-state index in [9.17, 15) is 4.79 Å². The number of nitrogen functional groups attached to an aromatic ring is 1. The third kappa shape index (κ3) is 3.84. The Hall–Kier alpha value is -1.91. The second-order valence-electron chi connectivity index (χ2n) is 3.80. The second-order valence-corrected chi connectivity index (χ2v) is 3.80. The molecule has 100 valence electrons. The van der Waals surface area contributed by atoms with Crippen LogP contribution in [0.4, 0.5) is 11.4 Å². The number of rotatable bonds is 6. The third-order valence-electron chi connectivity index (χ3n) is 2.34. The highest BCUT2D eigenvalue weighted by Gasteiger charge is 2.14. The van der Waals surface area contributed by atoms with Crippen molar-refractivity contribution < 1.29 is 14.3 Å². The van der Waals surface area contributed by atoms with Crippen molar-refractivity contribution in [1.29, 1.82) is 0 Å². The highest BCUT2D eigenvalue weighted by Crippen LogP contribution is 2.25. The zero-order valence-corrected chi connectivity index (χ0v) is 11.0. The van der Waals surface area contributed by atoms with E-state index < -0.39 is 6.04 Å². The van der Waals surface area contributed by atoms with Crippen LogP contribution in [-0.2, 0) is 9.53 Å². The van der Waals surface area contributed by atoms with E-state index in [1.807, 2.05) is 6.92 Å². The quantitative estimate of drug-likeness (QED) is 0.598. The van der Waals surface area contributed by atoms with Crippen LogP contribution in [0.25, 0.3) is 0 Å². The molecular formula is C13H20N2O3. The van der Waals surface area contributed by atoms with Crippen LogP contribution in [0.1, 0.15) is 20.8 Å². The fourth-order valence-electron chi connectivity index (χ4n) is 1.48. The lowest BCUT2D eigenvalue weighted by Crippen LogP contribution is -2.28. The van der Waals surface area contributed by atoms with Gasteiger partial charge in [0.1, 0.15) is 11.8 Å². The van der Waals surface area contributed by atoms with Gasteiger partial charge < -0.3 is 20.5 Å². The van der Waals surface area contributed by atoms with E-state index >= 15 is 0 Å². The Kier molecular flexibility index (Phi) is 5.30. The van der Waals surface area contributed by atoms with Crippen molar-refractivity contribution in [1.82, 2.24) is 0 Å². The van der Waals surface area contributed by atoms with Crippen LogP contribution in [0.3, 0.4) is 0 Å². The van der Waals surface area contributed by atoms with E-state index in [0.29, 0.717) is 24.7 Å². The molecule has 0 aliphatic heterocycles. The predicted octanol–water partition coefficient (Wildman–Crippen LogP) is 2.03. The number of esters is 1. The Morgan fingerprint density at radius 2 is 2.11 bits per heavy atom. The second kappa shape index (κ2) is 6.74. The summed E-state index contributed by atoms with van der Waals surface area (Å²) in [5, 5.41) is 3.04. The molecule has 0 bridgehead atoms. The van der Waals surface area contributed by atoms with Gasteiger partial charge in [0.25, 0.3) is 0 Å². The van der Waals surface area contributed by atoms with Crippen LogP contribution in [0.15, 0.2) is 18.2 Å². The van der Waals surface area contributed by atoms with Gasteiger partial charge in [-0.2, -0.15) is 0 Å². The summed E-state index contributed by atoms with van der Waals surface area (Å²) in [6.45, 7) is 6.33. The molecule has 0 saturated carbocycles. The van der Waals surface area contributed by atoms with E-state index in [2.05, 4.69) is 5.32 Å². The predicted molar refractivity (Wildman–Crippen MR) is 71.7 cm³/mol. The first-order valence-corrected chi connectivity index (χ1v) is 6.04. The number of anilines is 2. The van der Waals surface area contributed by atoms with Gasteiger partial charge in [0.05, 0.1) is 18.9 Å². The molecule has 1 rings (SSSR count). The third-order valence-corrected chi connectivity index (χ3v) is 2.34. The Labute approximate surface area is 107 Å². The summed E-state index contributed by atoms with van der Waals surface area (Å²) in [5.41, 5.74) is 7.12. The van der Waals surface area contributed by atoms with Gasteiger partial charge in [-0.05, 0) is 32.9 Å². The molecule has 0 aliphatic carbocycles. The minimum Gasteiger partial charge on any atom is -0.492 e. The van der Waals surface area contributed by atoms with Crippen LogP contribution in [0, 0.1) is 0 Å². The monoisotopic (exact) mass is 252 g/mol. The lowest BCUT2D eigenvalue weighted by atomic mass is 10.2. The molecule has 0 heterocycles. The molecule has 0 aromatic heterocycles. The Morgan fingerprint density at radius 1 is 1.39 bits per heavy atom. The molecule has 5 nitrogen and oxygen atoms in total. The fourth-order valence-corrected chi connectivity index (χ4v) is 1.48. The molecule has 0 fully saturated rings. The SMILES string of the molecule is CCOC(=O)C(C)Nc1ccc(N)c(OCC)c1. The van der Waals surface area contributed by atoms with Crippen LogP contribution in [0.5, 0.6) is 5.75 Å². The number of carbonyl (C=O) groups excluding carboxylic acids is 1. The molecule has 0 aliphatic rings. The van der Waals surface area contributed by atoms with Crippen LogP contribution in [-0.4, -0.2) is 25.2 Å². The summed E-state index contributed by atoms with van der Waals surface area (Å²) in [4.78, 5) is 11.5. The summed E-state index contributed by atoms with van der Waals surface area (Å²) in [6, 6.07) is 4.90. The average Bonchev–Trinajstić information content (AvgIpc) is 2.34. The van der Waals surface area contributed by atoms with Gasteiger partial charge in [-0.25, -0.2) is 4.79 Å². The summed E-state index contributed by atoms with van der Waals surface area (Å²) in [5.74, 6) is 0.325. The molecule has 1 unspecified atom stereocenters. The van der Waals surface area contributed by atoms with E-state index in [1.165, 1.54) is 0 Å². The number of hydrogen-bond donors (Lipinski definition) is 2. The molecule has 0 spiro atoms. The largest absolute Gasteiger partial charge is 0.492 e. The van der Waals surface area contributed by atoms with Crippen molar-refractivity contribution in [2.24, 2.45) is 0 Å². The lowest BCUT2D eigenvalue weighted by Gasteiger charge is -2.15. The van der Waals surface area contributed by atoms with Gasteiger partial charge in [-0.15, -0.1) is 0 Å². The van der Waals surface area contributed by atoms with E-state index in [1.54, 1.807) is 32.0 Å². The Bertz CT molecular complexity index is 407. The van der Waals surface area contributed by atoms with Crippen molar-refractivity contribution in [3.8, 4) is 5.75 Å². The lowest BCUT2D eigenvalue weighted by molar-refractivity contribution is -0.143. The summed E-state index contributed by atoms with van der Waals surface area (Å²) in [6.07, 6.45) is 0. The first kappa shape index (κ1) is 14.2. The van der Waals surface area contributed by atoms with Crippen LogP contribution < -0.4 is 15.8 Å². The maximum atomic E-state index is 11.5. The van der Waals surface area contributed by atoms with E-state index in [-0.39, 0.29) is 5.97 Å². The molecular weight excluding hydrogens is 232 g/mol. The molecule has 3 N–H and O–H groups in total. The van der Waals surface area contributed by atoms with Crippen LogP contribution >= 0.6 is 0 Å². The number of nitrogens with one attached hydrogen (secondary N) is 1. The average molecular weight is 252 g/mol. The highest BCUT2D eigenvalue weighted by molar-refractivity contribution is 5.79. The molecule has 0 radical (unpaired) electrons. The molecule has 18 heavy (non-hydrogen) atoms. The van der Waals surface area contributed by atoms with Crippen molar-refractivity contribution in [2.45, 2.75) is 26.8 Å². The standard InChI is InChI=1S/C13H20N2O3/c1-4-17-12-8-10(6-7-11(12)14)15-9(3)13(16)18-5-2/h6-9,15H,4-5,14H2,1-3H3. The molecule has 5 heteroatoms. The number of carbonyl (C=O) groups is 1. The summed E-state index contributed by atoms with van der Waals surface area (Å²) in [7, 11) is 0. The van der Waals surface area contributed by atoms with Gasteiger partial charge in [-0.1, -0.05) is 0 Å². The minimum absolute atomic E-state index is 0.285. The van der Waals surface area contributed by atoms with E-state index in [4.69, 9.17) is 15.2 Å². The smallest absolute Gasteiger partial charge is 0.328 e. The maximum Gasteiger partial charge on any atom is 0.328 e. The number of benzene rings is 1. The molecule has 1 aromatic rings. The van der Waals surface area contributed by atoms with Crippen molar-refractivity contribution >= 4 is 17.3 Å². The first-order chi connectivity index (χ1) is 8.58. The highest BCUT2D eigenvalue weighted by atomic mass is 16.5. The topological polar surface area (TPSA) is 73.6 Å². The zero-order valence-electron chi connectivity index (χ0n) is 11.0. The molecule has 0 amide bonds. The van der Waals surface area contributed by atoms with Crippen molar-refractivity contribution in [3.63, 3.8) is 0 Å². The Morgan fingerprint density at radius 3 is 2.72 bits per heavy atom. The molecule has 1 aromatic carbocycles. The summed E-state index contributed by atoms with van der Waals surface area (Å²) >= 11 is 0. The first-order valence-electron chi connectivity index (χ1n) is 6.04. The van der Waals surface area contributed by atoms with Crippen molar-refractivity contribution in [2.75, 3.05) is 24.3 Å². The maximum absolute atomic E-state index is 11.5. The number of hydrogen-bond acceptors (Lipinski definition) is 5. The number of nitrogens with two attached hydrogens (primary N) is 1. The minimum atomic E-state index is -0.414. The number of ether oxygens (including phenoxy) is 2. The fraction of sp³-hybridized carbons (Fsp3) is 0.462. The van der Waals surface area contributed by atoms with Gasteiger partial charge in [0, 0.05) is 11.8 Å². The molecule has 0 saturated heterocycles. The van der Waals surface area contributed by atoms with Gasteiger partial charge in [0.2, 0.25) is 0 Å². The summed E-state index contributed by atoms with van der Waals surface area (Å²) < 4.78 is 10.3. The zero-order chi connectivity index (χ0) is 13.5. The van der Waals surface area contributed by atoms with Gasteiger partial charge >= 0.3 is 5.97 Å².